The largest absolute Gasteiger partial charge is 0.464 e. The number of furan rings is 1. The van der Waals surface area contributed by atoms with Gasteiger partial charge in [0.2, 0.25) is 0 Å². The monoisotopic (exact) mass is 476 g/mol. The predicted octanol–water partition coefficient (Wildman–Crippen LogP) is 4.05. The van der Waals surface area contributed by atoms with Gasteiger partial charge in [-0.15, -0.1) is 0 Å². The number of hydrogen-bond donors (Lipinski definition) is 2. The van der Waals surface area contributed by atoms with Gasteiger partial charge in [-0.3, -0.25) is 0 Å². The number of likely N-dealkylation sites (tertiary alicyclic amines) is 1. The fourth-order valence-corrected chi connectivity index (χ4v) is 4.59. The second-order valence-corrected chi connectivity index (χ2v) is 9.01. The fraction of sp³-hybridized carbons (Fsp3) is 0.357. The van der Waals surface area contributed by atoms with Gasteiger partial charge in [-0.2, -0.15) is 0 Å². The van der Waals surface area contributed by atoms with Crippen molar-refractivity contribution in [2.24, 2.45) is 0 Å². The number of carbonyl (C=O) groups excluding carboxylic acids is 2. The zero-order chi connectivity index (χ0) is 24.6. The molecule has 2 amide bonds. The molecule has 2 N–H and O–H groups in total. The van der Waals surface area contributed by atoms with Crippen molar-refractivity contribution in [2.75, 3.05) is 25.0 Å². The molecule has 4 rings (SSSR count). The number of quaternary nitrogens is 1. The molecule has 0 unspecified atom stereocenters. The van der Waals surface area contributed by atoms with Crippen molar-refractivity contribution in [1.82, 2.24) is 4.90 Å². The minimum atomic E-state index is -0.370. The molecule has 2 aromatic carbocycles. The third-order valence-corrected chi connectivity index (χ3v) is 6.43. The van der Waals surface area contributed by atoms with Crippen LogP contribution in [0.3, 0.4) is 0 Å². The van der Waals surface area contributed by atoms with Crippen LogP contribution in [0.25, 0.3) is 0 Å². The van der Waals surface area contributed by atoms with Crippen LogP contribution >= 0.6 is 0 Å². The molecule has 0 bridgehead atoms. The van der Waals surface area contributed by atoms with Crippen LogP contribution in [0.1, 0.15) is 47.2 Å². The molecule has 2 heterocycles. The normalized spacial score (nSPS) is 17.5. The van der Waals surface area contributed by atoms with Gasteiger partial charge in [-0.25, -0.2) is 9.59 Å². The summed E-state index contributed by atoms with van der Waals surface area (Å²) in [5.41, 5.74) is 2.44. The van der Waals surface area contributed by atoms with E-state index in [1.54, 1.807) is 31.2 Å². The smallest absolute Gasteiger partial charge is 0.338 e. The Morgan fingerprint density at radius 1 is 1.03 bits per heavy atom. The van der Waals surface area contributed by atoms with Crippen molar-refractivity contribution >= 4 is 17.7 Å². The number of urea groups is 1. The predicted molar refractivity (Wildman–Crippen MR) is 134 cm³/mol. The van der Waals surface area contributed by atoms with Gasteiger partial charge in [-0.1, -0.05) is 30.3 Å². The van der Waals surface area contributed by atoms with E-state index in [4.69, 9.17) is 9.15 Å². The van der Waals surface area contributed by atoms with Crippen LogP contribution in [-0.2, 0) is 17.8 Å². The number of rotatable bonds is 8. The lowest BCUT2D eigenvalue weighted by Crippen LogP contribution is -3.12. The highest BCUT2D eigenvalue weighted by Gasteiger charge is 2.31. The van der Waals surface area contributed by atoms with Gasteiger partial charge < -0.3 is 24.3 Å². The van der Waals surface area contributed by atoms with Crippen LogP contribution in [0, 0.1) is 6.92 Å². The summed E-state index contributed by atoms with van der Waals surface area (Å²) in [6, 6.07) is 21.1. The maximum atomic E-state index is 13.4. The summed E-state index contributed by atoms with van der Waals surface area (Å²) in [7, 11) is 0. The Morgan fingerprint density at radius 2 is 1.74 bits per heavy atom. The van der Waals surface area contributed by atoms with E-state index in [1.807, 2.05) is 30.0 Å². The Labute approximate surface area is 206 Å². The standard InChI is InChI=1S/C28H33N3O4/c1-3-34-27(32)23-10-12-24(13-11-23)29-28(33)31(20-26-14-9-21(2)35-26)25-15-17-30(18-16-25)19-22-7-5-4-6-8-22/h4-14,25H,3,15-20H2,1-2H3,(H,29,33)/p+1. The number of nitrogens with one attached hydrogen (secondary N) is 2. The Balaban J connectivity index is 1.41. The van der Waals surface area contributed by atoms with E-state index in [1.165, 1.54) is 10.5 Å². The molecule has 0 spiro atoms. The number of hydrogen-bond acceptors (Lipinski definition) is 4. The summed E-state index contributed by atoms with van der Waals surface area (Å²) in [6.07, 6.45) is 1.86. The SMILES string of the molecule is CCOC(=O)c1ccc(NC(=O)N(Cc2ccc(C)o2)C2CC[NH+](Cc3ccccc3)CC2)cc1. The summed E-state index contributed by atoms with van der Waals surface area (Å²) in [5, 5.41) is 3.00. The van der Waals surface area contributed by atoms with Gasteiger partial charge in [0.25, 0.3) is 0 Å². The van der Waals surface area contributed by atoms with Crippen LogP contribution in [0.15, 0.2) is 71.1 Å². The Kier molecular flexibility index (Phi) is 8.21. The van der Waals surface area contributed by atoms with E-state index < -0.39 is 0 Å². The quantitative estimate of drug-likeness (QED) is 0.481. The summed E-state index contributed by atoms with van der Waals surface area (Å²) in [6.45, 7) is 7.44. The number of esters is 1. The number of nitrogens with zero attached hydrogens (tertiary/aromatic N) is 1. The molecule has 35 heavy (non-hydrogen) atoms. The average Bonchev–Trinajstić information content (AvgIpc) is 3.29. The molecule has 1 aliphatic heterocycles. The summed E-state index contributed by atoms with van der Waals surface area (Å²) in [5.74, 6) is 1.23. The zero-order valence-electron chi connectivity index (χ0n) is 20.5. The van der Waals surface area contributed by atoms with E-state index in [-0.39, 0.29) is 18.0 Å². The molecule has 7 nitrogen and oxygen atoms in total. The molecule has 1 saturated heterocycles. The van der Waals surface area contributed by atoms with E-state index in [0.29, 0.717) is 24.4 Å². The first kappa shape index (κ1) is 24.5. The molecule has 1 fully saturated rings. The van der Waals surface area contributed by atoms with Crippen molar-refractivity contribution in [1.29, 1.82) is 0 Å². The van der Waals surface area contributed by atoms with Gasteiger partial charge in [-0.05, 0) is 50.2 Å². The summed E-state index contributed by atoms with van der Waals surface area (Å²) < 4.78 is 10.8. The summed E-state index contributed by atoms with van der Waals surface area (Å²) >= 11 is 0. The van der Waals surface area contributed by atoms with Gasteiger partial charge in [0.05, 0.1) is 31.8 Å². The molecule has 1 aliphatic rings. The van der Waals surface area contributed by atoms with Gasteiger partial charge >= 0.3 is 12.0 Å². The first-order chi connectivity index (χ1) is 17.0. The van der Waals surface area contributed by atoms with Crippen molar-refractivity contribution in [3.8, 4) is 0 Å². The second kappa shape index (κ2) is 11.7. The molecule has 1 aromatic heterocycles. The Hall–Kier alpha value is -3.58. The molecule has 0 radical (unpaired) electrons. The molecule has 0 saturated carbocycles. The van der Waals surface area contributed by atoms with E-state index in [2.05, 4.69) is 29.6 Å². The van der Waals surface area contributed by atoms with Crippen LogP contribution in [0.5, 0.6) is 0 Å². The third kappa shape index (κ3) is 6.73. The number of piperidine rings is 1. The number of benzene rings is 2. The molecule has 0 aliphatic carbocycles. The minimum Gasteiger partial charge on any atom is -0.464 e. The number of ether oxygens (including phenoxy) is 1. The van der Waals surface area contributed by atoms with Gasteiger partial charge in [0.15, 0.2) is 0 Å². The van der Waals surface area contributed by atoms with Crippen molar-refractivity contribution in [2.45, 2.75) is 45.8 Å². The topological polar surface area (TPSA) is 76.2 Å². The van der Waals surface area contributed by atoms with Crippen LogP contribution in [-0.4, -0.2) is 42.6 Å². The number of anilines is 1. The lowest BCUT2D eigenvalue weighted by molar-refractivity contribution is -0.919. The Bertz CT molecular complexity index is 1100. The van der Waals surface area contributed by atoms with E-state index >= 15 is 0 Å². The second-order valence-electron chi connectivity index (χ2n) is 9.01. The Morgan fingerprint density at radius 3 is 2.37 bits per heavy atom. The average molecular weight is 477 g/mol. The van der Waals surface area contributed by atoms with Crippen LogP contribution < -0.4 is 10.2 Å². The van der Waals surface area contributed by atoms with Gasteiger partial charge in [0, 0.05) is 30.1 Å². The third-order valence-electron chi connectivity index (χ3n) is 6.43. The number of aryl methyl sites for hydroxylation is 1. The van der Waals surface area contributed by atoms with E-state index in [9.17, 15) is 9.59 Å². The lowest BCUT2D eigenvalue weighted by Gasteiger charge is -2.36. The van der Waals surface area contributed by atoms with Crippen molar-refractivity contribution < 1.29 is 23.6 Å². The highest BCUT2D eigenvalue weighted by molar-refractivity contribution is 5.92. The highest BCUT2D eigenvalue weighted by Crippen LogP contribution is 2.19. The highest BCUT2D eigenvalue weighted by atomic mass is 16.5. The van der Waals surface area contributed by atoms with Crippen LogP contribution in [0.2, 0.25) is 0 Å². The number of amides is 2. The minimum absolute atomic E-state index is 0.124. The lowest BCUT2D eigenvalue weighted by atomic mass is 10.0. The molecule has 184 valence electrons. The first-order valence-corrected chi connectivity index (χ1v) is 12.3. The van der Waals surface area contributed by atoms with Gasteiger partial charge in [0.1, 0.15) is 18.1 Å². The van der Waals surface area contributed by atoms with Crippen molar-refractivity contribution in [3.05, 3.63) is 89.4 Å². The van der Waals surface area contributed by atoms with Crippen molar-refractivity contribution in [3.63, 3.8) is 0 Å². The molecular formula is C28H34N3O4+. The molecule has 0 atom stereocenters. The summed E-state index contributed by atoms with van der Waals surface area (Å²) in [4.78, 5) is 28.7. The maximum Gasteiger partial charge on any atom is 0.338 e. The number of carbonyl (C=O) groups is 2. The first-order valence-electron chi connectivity index (χ1n) is 12.3. The van der Waals surface area contributed by atoms with Crippen LogP contribution in [0.4, 0.5) is 10.5 Å². The maximum absolute atomic E-state index is 13.4. The zero-order valence-corrected chi connectivity index (χ0v) is 20.5. The molecule has 7 heteroatoms. The van der Waals surface area contributed by atoms with E-state index in [0.717, 1.165) is 44.0 Å². The fourth-order valence-electron chi connectivity index (χ4n) is 4.59. The molecule has 3 aromatic rings. The molecular weight excluding hydrogens is 442 g/mol.